The van der Waals surface area contributed by atoms with Crippen LogP contribution in [0.25, 0.3) is 0 Å². The van der Waals surface area contributed by atoms with Gasteiger partial charge in [0, 0.05) is 26.2 Å². The molecule has 2 aromatic rings. The predicted molar refractivity (Wildman–Crippen MR) is 127 cm³/mol. The Bertz CT molecular complexity index is 1010. The van der Waals surface area contributed by atoms with Crippen LogP contribution in [-0.2, 0) is 26.1 Å². The lowest BCUT2D eigenvalue weighted by Gasteiger charge is -2.26. The number of hydrogen-bond donors (Lipinski definition) is 1. The average molecular weight is 476 g/mol. The fourth-order valence-corrected chi connectivity index (χ4v) is 5.04. The Balaban J connectivity index is 1.40. The molecule has 0 bridgehead atoms. The van der Waals surface area contributed by atoms with Crippen LogP contribution < -0.4 is 10.1 Å². The minimum absolute atomic E-state index is 0.103. The van der Waals surface area contributed by atoms with E-state index < -0.39 is 10.0 Å². The summed E-state index contributed by atoms with van der Waals surface area (Å²) in [5.74, 6) is 0.735. The van der Waals surface area contributed by atoms with Crippen LogP contribution in [0.15, 0.2) is 47.4 Å². The van der Waals surface area contributed by atoms with E-state index in [-0.39, 0.29) is 17.3 Å². The van der Waals surface area contributed by atoms with E-state index in [1.54, 1.807) is 24.3 Å². The third-order valence-corrected chi connectivity index (χ3v) is 7.28. The number of ether oxygens (including phenoxy) is 2. The first-order valence-electron chi connectivity index (χ1n) is 11.1. The molecular weight excluding hydrogens is 442 g/mol. The van der Waals surface area contributed by atoms with Gasteiger partial charge in [-0.3, -0.25) is 9.69 Å². The van der Waals surface area contributed by atoms with Gasteiger partial charge in [-0.25, -0.2) is 8.42 Å². The number of hydrogen-bond acceptors (Lipinski definition) is 6. The Kier molecular flexibility index (Phi) is 8.85. The molecule has 0 radical (unpaired) electrons. The number of rotatable bonds is 10. The highest BCUT2D eigenvalue weighted by Crippen LogP contribution is 2.18. The lowest BCUT2D eigenvalue weighted by Crippen LogP contribution is -2.40. The summed E-state index contributed by atoms with van der Waals surface area (Å²) < 4.78 is 37.8. The number of amides is 1. The Morgan fingerprint density at radius 3 is 2.36 bits per heavy atom. The quantitative estimate of drug-likeness (QED) is 0.565. The van der Waals surface area contributed by atoms with Crippen molar-refractivity contribution in [3.8, 4) is 5.75 Å². The molecule has 1 saturated heterocycles. The van der Waals surface area contributed by atoms with Gasteiger partial charge in [-0.1, -0.05) is 18.2 Å². The largest absolute Gasteiger partial charge is 0.492 e. The molecule has 33 heavy (non-hydrogen) atoms. The van der Waals surface area contributed by atoms with Crippen LogP contribution in [-0.4, -0.2) is 76.6 Å². The number of carbonyl (C=O) groups is 1. The molecule has 0 aromatic heterocycles. The summed E-state index contributed by atoms with van der Waals surface area (Å²) in [4.78, 5) is 14.4. The highest BCUT2D eigenvalue weighted by Gasteiger charge is 2.26. The fourth-order valence-electron chi connectivity index (χ4n) is 3.63. The topological polar surface area (TPSA) is 88.2 Å². The maximum absolute atomic E-state index is 12.7. The lowest BCUT2D eigenvalue weighted by atomic mass is 10.1. The number of aryl methyl sites for hydroxylation is 2. The predicted octanol–water partition coefficient (Wildman–Crippen LogP) is 1.95. The van der Waals surface area contributed by atoms with Gasteiger partial charge in [-0.15, -0.1) is 0 Å². The Hall–Kier alpha value is -2.46. The van der Waals surface area contributed by atoms with E-state index in [0.717, 1.165) is 22.4 Å². The SMILES string of the molecule is Cc1cc(C)cc(OCCN(C)CC(=O)NCc2ccc(S(=O)(=O)N3CCOCC3)cc2)c1. The van der Waals surface area contributed by atoms with E-state index in [1.807, 2.05) is 37.9 Å². The summed E-state index contributed by atoms with van der Waals surface area (Å²) >= 11 is 0. The summed E-state index contributed by atoms with van der Waals surface area (Å²) in [7, 11) is -1.64. The molecule has 0 spiro atoms. The molecule has 1 fully saturated rings. The molecule has 1 aliphatic heterocycles. The van der Waals surface area contributed by atoms with E-state index in [2.05, 4.69) is 11.4 Å². The molecule has 1 heterocycles. The zero-order chi connectivity index (χ0) is 23.8. The van der Waals surface area contributed by atoms with Gasteiger partial charge in [0.25, 0.3) is 0 Å². The molecule has 2 aromatic carbocycles. The first-order chi connectivity index (χ1) is 15.7. The van der Waals surface area contributed by atoms with Gasteiger partial charge in [0.15, 0.2) is 0 Å². The molecule has 180 valence electrons. The third kappa shape index (κ3) is 7.53. The minimum atomic E-state index is -3.51. The summed E-state index contributed by atoms with van der Waals surface area (Å²) in [5.41, 5.74) is 3.15. The van der Waals surface area contributed by atoms with Crippen molar-refractivity contribution in [2.24, 2.45) is 0 Å². The number of sulfonamides is 1. The second-order valence-electron chi connectivity index (χ2n) is 8.35. The van der Waals surface area contributed by atoms with Crippen LogP contribution >= 0.6 is 0 Å². The molecule has 0 atom stereocenters. The molecule has 8 nitrogen and oxygen atoms in total. The van der Waals surface area contributed by atoms with E-state index in [1.165, 1.54) is 4.31 Å². The van der Waals surface area contributed by atoms with Gasteiger partial charge < -0.3 is 14.8 Å². The average Bonchev–Trinajstić information content (AvgIpc) is 2.78. The standard InChI is InChI=1S/C24H33N3O5S/c1-19-14-20(2)16-22(15-19)32-13-8-26(3)18-24(28)25-17-21-4-6-23(7-5-21)33(29,30)27-9-11-31-12-10-27/h4-7,14-16H,8-13,17-18H2,1-3H3,(H,25,28). The van der Waals surface area contributed by atoms with Gasteiger partial charge in [0.05, 0.1) is 24.7 Å². The van der Waals surface area contributed by atoms with Crippen LogP contribution in [0.1, 0.15) is 16.7 Å². The maximum atomic E-state index is 12.7. The smallest absolute Gasteiger partial charge is 0.243 e. The number of likely N-dealkylation sites (N-methyl/N-ethyl adjacent to an activating group) is 1. The molecule has 9 heteroatoms. The summed E-state index contributed by atoms with van der Waals surface area (Å²) in [5, 5.41) is 2.88. The van der Waals surface area contributed by atoms with Crippen molar-refractivity contribution in [3.05, 3.63) is 59.2 Å². The second-order valence-corrected chi connectivity index (χ2v) is 10.3. The Labute approximate surface area is 196 Å². The number of nitrogens with one attached hydrogen (secondary N) is 1. The first-order valence-corrected chi connectivity index (χ1v) is 12.5. The van der Waals surface area contributed by atoms with Crippen molar-refractivity contribution in [3.63, 3.8) is 0 Å². The van der Waals surface area contributed by atoms with Gasteiger partial charge in [-0.05, 0) is 61.9 Å². The van der Waals surface area contributed by atoms with Crippen LogP contribution in [0.3, 0.4) is 0 Å². The van der Waals surface area contributed by atoms with Gasteiger partial charge in [0.1, 0.15) is 12.4 Å². The number of morpholine rings is 1. The zero-order valence-electron chi connectivity index (χ0n) is 19.5. The van der Waals surface area contributed by atoms with E-state index in [4.69, 9.17) is 9.47 Å². The van der Waals surface area contributed by atoms with Crippen molar-refractivity contribution >= 4 is 15.9 Å². The van der Waals surface area contributed by atoms with Gasteiger partial charge in [-0.2, -0.15) is 4.31 Å². The maximum Gasteiger partial charge on any atom is 0.243 e. The monoisotopic (exact) mass is 475 g/mol. The van der Waals surface area contributed by atoms with E-state index >= 15 is 0 Å². The van der Waals surface area contributed by atoms with Gasteiger partial charge in [0.2, 0.25) is 15.9 Å². The van der Waals surface area contributed by atoms with Crippen molar-refractivity contribution in [2.45, 2.75) is 25.3 Å². The molecule has 3 rings (SSSR count). The Morgan fingerprint density at radius 1 is 1.09 bits per heavy atom. The number of carbonyl (C=O) groups excluding carboxylic acids is 1. The molecule has 0 unspecified atom stereocenters. The first kappa shape index (κ1) is 25.2. The van der Waals surface area contributed by atoms with Crippen molar-refractivity contribution in [1.82, 2.24) is 14.5 Å². The Morgan fingerprint density at radius 2 is 1.73 bits per heavy atom. The van der Waals surface area contributed by atoms with Crippen LogP contribution in [0, 0.1) is 13.8 Å². The second kappa shape index (κ2) is 11.6. The minimum Gasteiger partial charge on any atom is -0.492 e. The number of nitrogens with zero attached hydrogens (tertiary/aromatic N) is 2. The van der Waals surface area contributed by atoms with Crippen LogP contribution in [0.2, 0.25) is 0 Å². The number of benzene rings is 2. The molecular formula is C24H33N3O5S. The van der Waals surface area contributed by atoms with Crippen molar-refractivity contribution in [1.29, 1.82) is 0 Å². The molecule has 1 N–H and O–H groups in total. The van der Waals surface area contributed by atoms with Crippen LogP contribution in [0.4, 0.5) is 0 Å². The van der Waals surface area contributed by atoms with Crippen molar-refractivity contribution in [2.75, 3.05) is 53.0 Å². The fraction of sp³-hybridized carbons (Fsp3) is 0.458. The van der Waals surface area contributed by atoms with E-state index in [9.17, 15) is 13.2 Å². The van der Waals surface area contributed by atoms with E-state index in [0.29, 0.717) is 46.0 Å². The summed E-state index contributed by atoms with van der Waals surface area (Å²) in [6, 6.07) is 12.7. The van der Waals surface area contributed by atoms with Crippen molar-refractivity contribution < 1.29 is 22.7 Å². The highest BCUT2D eigenvalue weighted by molar-refractivity contribution is 7.89. The molecule has 0 aliphatic carbocycles. The lowest BCUT2D eigenvalue weighted by molar-refractivity contribution is -0.122. The highest BCUT2D eigenvalue weighted by atomic mass is 32.2. The summed E-state index contributed by atoms with van der Waals surface area (Å²) in [6.07, 6.45) is 0. The molecule has 1 aliphatic rings. The zero-order valence-corrected chi connectivity index (χ0v) is 20.4. The third-order valence-electron chi connectivity index (χ3n) is 5.37. The van der Waals surface area contributed by atoms with Gasteiger partial charge >= 0.3 is 0 Å². The normalized spacial score (nSPS) is 14.9. The van der Waals surface area contributed by atoms with Crippen LogP contribution in [0.5, 0.6) is 5.75 Å². The summed E-state index contributed by atoms with van der Waals surface area (Å²) in [6.45, 7) is 7.32. The molecule has 0 saturated carbocycles. The molecule has 1 amide bonds.